The van der Waals surface area contributed by atoms with Gasteiger partial charge in [0.1, 0.15) is 0 Å². The van der Waals surface area contributed by atoms with E-state index >= 15 is 0 Å². The summed E-state index contributed by atoms with van der Waals surface area (Å²) in [6.07, 6.45) is 14.4. The standard InChI is InChI=1S/C22H36N4O3S2/c1-17-10-12-19(13-11-17)26(18-8-4-2-5-9-18)22(27)24-21-23-16-20(30-21)31(28,29)25-14-6-3-7-15-25/h16-19H,2-15H2,1H3,(H,23,24,27)/t17-,19-. The average Bonchev–Trinajstić information content (AvgIpc) is 3.26. The summed E-state index contributed by atoms with van der Waals surface area (Å²) in [5, 5.41) is 3.33. The number of carbonyl (C=O) groups excluding carboxylic acids is 1. The second-order valence-corrected chi connectivity index (χ2v) is 12.7. The summed E-state index contributed by atoms with van der Waals surface area (Å²) in [5.41, 5.74) is 0. The van der Waals surface area contributed by atoms with E-state index in [0.717, 1.165) is 75.0 Å². The van der Waals surface area contributed by atoms with E-state index < -0.39 is 10.0 Å². The number of nitrogens with one attached hydrogen (secondary N) is 1. The first-order chi connectivity index (χ1) is 14.9. The van der Waals surface area contributed by atoms with Crippen molar-refractivity contribution in [1.82, 2.24) is 14.2 Å². The Hall–Kier alpha value is -1.19. The van der Waals surface area contributed by atoms with E-state index in [9.17, 15) is 13.2 Å². The molecule has 9 heteroatoms. The molecule has 31 heavy (non-hydrogen) atoms. The molecule has 4 rings (SSSR count). The first-order valence-corrected chi connectivity index (χ1v) is 14.3. The summed E-state index contributed by atoms with van der Waals surface area (Å²) in [4.78, 5) is 19.7. The van der Waals surface area contributed by atoms with Crippen LogP contribution in [-0.2, 0) is 10.0 Å². The van der Waals surface area contributed by atoms with Crippen LogP contribution in [0.2, 0.25) is 0 Å². The van der Waals surface area contributed by atoms with E-state index in [1.54, 1.807) is 4.31 Å². The van der Waals surface area contributed by atoms with Crippen LogP contribution >= 0.6 is 11.3 Å². The minimum Gasteiger partial charge on any atom is -0.319 e. The molecule has 1 aromatic rings. The smallest absolute Gasteiger partial charge is 0.319 e. The molecule has 0 unspecified atom stereocenters. The number of sulfonamides is 1. The molecule has 0 aromatic carbocycles. The van der Waals surface area contributed by atoms with E-state index in [1.807, 2.05) is 0 Å². The molecule has 1 aliphatic heterocycles. The number of hydrogen-bond acceptors (Lipinski definition) is 5. The highest BCUT2D eigenvalue weighted by Crippen LogP contribution is 2.34. The van der Waals surface area contributed by atoms with Gasteiger partial charge in [0.2, 0.25) is 0 Å². The molecule has 1 saturated heterocycles. The summed E-state index contributed by atoms with van der Waals surface area (Å²) in [5.74, 6) is 0.731. The molecule has 0 radical (unpaired) electrons. The Morgan fingerprint density at radius 2 is 1.61 bits per heavy atom. The number of nitrogens with zero attached hydrogens (tertiary/aromatic N) is 3. The molecule has 1 aromatic heterocycles. The second-order valence-electron chi connectivity index (χ2n) is 9.49. The van der Waals surface area contributed by atoms with Gasteiger partial charge < -0.3 is 4.90 Å². The lowest BCUT2D eigenvalue weighted by Gasteiger charge is -2.42. The van der Waals surface area contributed by atoms with Gasteiger partial charge in [-0.05, 0) is 57.3 Å². The number of carbonyl (C=O) groups is 1. The molecule has 7 nitrogen and oxygen atoms in total. The predicted octanol–water partition coefficient (Wildman–Crippen LogP) is 5.06. The van der Waals surface area contributed by atoms with Crippen molar-refractivity contribution in [1.29, 1.82) is 0 Å². The first-order valence-electron chi connectivity index (χ1n) is 12.0. The van der Waals surface area contributed by atoms with Crippen molar-refractivity contribution in [3.63, 3.8) is 0 Å². The SMILES string of the molecule is C[C@H]1CC[C@H](N(C(=O)Nc2ncc(S(=O)(=O)N3CCCCC3)s2)C2CCCCC2)CC1. The summed E-state index contributed by atoms with van der Waals surface area (Å²) in [7, 11) is -3.52. The maximum atomic E-state index is 13.4. The molecule has 174 valence electrons. The van der Waals surface area contributed by atoms with E-state index in [0.29, 0.717) is 18.2 Å². The molecular weight excluding hydrogens is 432 g/mol. The summed E-state index contributed by atoms with van der Waals surface area (Å²) in [6, 6.07) is 0.446. The van der Waals surface area contributed by atoms with Gasteiger partial charge >= 0.3 is 6.03 Å². The molecule has 2 aliphatic carbocycles. The zero-order chi connectivity index (χ0) is 21.8. The number of thiazole rings is 1. The van der Waals surface area contributed by atoms with Gasteiger partial charge in [-0.25, -0.2) is 18.2 Å². The molecule has 2 amide bonds. The first kappa shape index (κ1) is 23.0. The molecule has 0 atom stereocenters. The number of aromatic nitrogens is 1. The number of amides is 2. The molecule has 3 aliphatic rings. The minimum atomic E-state index is -3.52. The molecule has 0 bridgehead atoms. The number of rotatable bonds is 5. The number of hydrogen-bond donors (Lipinski definition) is 1. The highest BCUT2D eigenvalue weighted by molar-refractivity contribution is 7.91. The largest absolute Gasteiger partial charge is 0.324 e. The molecule has 0 spiro atoms. The maximum Gasteiger partial charge on any atom is 0.324 e. The van der Waals surface area contributed by atoms with Crippen molar-refractivity contribution in [2.45, 2.75) is 100 Å². The van der Waals surface area contributed by atoms with Gasteiger partial charge in [-0.2, -0.15) is 4.31 Å². The highest BCUT2D eigenvalue weighted by Gasteiger charge is 2.34. The van der Waals surface area contributed by atoms with Crippen LogP contribution in [0.1, 0.15) is 84.0 Å². The summed E-state index contributed by atoms with van der Waals surface area (Å²) < 4.78 is 27.6. The quantitative estimate of drug-likeness (QED) is 0.654. The van der Waals surface area contributed by atoms with Crippen LogP contribution in [0.3, 0.4) is 0 Å². The van der Waals surface area contributed by atoms with Crippen LogP contribution in [0, 0.1) is 5.92 Å². The lowest BCUT2D eigenvalue weighted by molar-refractivity contribution is 0.105. The van der Waals surface area contributed by atoms with Crippen molar-refractivity contribution in [3.05, 3.63) is 6.20 Å². The van der Waals surface area contributed by atoms with Gasteiger partial charge in [-0.1, -0.05) is 43.9 Å². The average molecular weight is 469 g/mol. The zero-order valence-electron chi connectivity index (χ0n) is 18.6. The van der Waals surface area contributed by atoms with Crippen LogP contribution in [0.15, 0.2) is 10.4 Å². The fourth-order valence-corrected chi connectivity index (χ4v) is 8.03. The number of piperidine rings is 1. The molecule has 2 heterocycles. The zero-order valence-corrected chi connectivity index (χ0v) is 20.2. The van der Waals surface area contributed by atoms with E-state index in [4.69, 9.17) is 0 Å². The van der Waals surface area contributed by atoms with Crippen LogP contribution < -0.4 is 5.32 Å². The Balaban J connectivity index is 1.47. The predicted molar refractivity (Wildman–Crippen MR) is 124 cm³/mol. The van der Waals surface area contributed by atoms with Crippen molar-refractivity contribution in [2.75, 3.05) is 18.4 Å². The van der Waals surface area contributed by atoms with Gasteiger partial charge in [0.05, 0.1) is 6.20 Å². The number of anilines is 1. The number of urea groups is 1. The Morgan fingerprint density at radius 1 is 1.00 bits per heavy atom. The van der Waals surface area contributed by atoms with Crippen LogP contribution in [0.25, 0.3) is 0 Å². The van der Waals surface area contributed by atoms with Crippen molar-refractivity contribution in [3.8, 4) is 0 Å². The third-order valence-electron chi connectivity index (χ3n) is 7.19. The second kappa shape index (κ2) is 10.2. The topological polar surface area (TPSA) is 82.6 Å². The van der Waals surface area contributed by atoms with Gasteiger partial charge in [0.15, 0.2) is 9.34 Å². The third kappa shape index (κ3) is 5.42. The summed E-state index contributed by atoms with van der Waals surface area (Å²) in [6.45, 7) is 3.43. The van der Waals surface area contributed by atoms with Gasteiger partial charge in [0, 0.05) is 25.2 Å². The van der Waals surface area contributed by atoms with Crippen LogP contribution in [0.5, 0.6) is 0 Å². The fourth-order valence-electron chi connectivity index (χ4n) is 5.33. The Kier molecular flexibility index (Phi) is 7.54. The molecule has 3 fully saturated rings. The lowest BCUT2D eigenvalue weighted by Crippen LogP contribution is -2.51. The van der Waals surface area contributed by atoms with Crippen LogP contribution in [-0.4, -0.2) is 53.8 Å². The Bertz CT molecular complexity index is 837. The van der Waals surface area contributed by atoms with Crippen molar-refractivity contribution in [2.24, 2.45) is 5.92 Å². The van der Waals surface area contributed by atoms with E-state index in [-0.39, 0.29) is 22.3 Å². The van der Waals surface area contributed by atoms with E-state index in [2.05, 4.69) is 22.1 Å². The monoisotopic (exact) mass is 468 g/mol. The maximum absolute atomic E-state index is 13.4. The van der Waals surface area contributed by atoms with E-state index in [1.165, 1.54) is 25.5 Å². The Morgan fingerprint density at radius 3 is 2.29 bits per heavy atom. The van der Waals surface area contributed by atoms with Crippen molar-refractivity contribution < 1.29 is 13.2 Å². The summed E-state index contributed by atoms with van der Waals surface area (Å²) >= 11 is 1.07. The third-order valence-corrected chi connectivity index (χ3v) is 10.4. The highest BCUT2D eigenvalue weighted by atomic mass is 32.2. The Labute approximate surface area is 190 Å². The van der Waals surface area contributed by atoms with Gasteiger partial charge in [-0.3, -0.25) is 5.32 Å². The lowest BCUT2D eigenvalue weighted by atomic mass is 9.84. The van der Waals surface area contributed by atoms with Crippen molar-refractivity contribution >= 4 is 32.5 Å². The van der Waals surface area contributed by atoms with Gasteiger partial charge in [0.25, 0.3) is 10.0 Å². The van der Waals surface area contributed by atoms with Crippen LogP contribution in [0.4, 0.5) is 9.93 Å². The minimum absolute atomic E-state index is 0.109. The molecular formula is C22H36N4O3S2. The fraction of sp³-hybridized carbons (Fsp3) is 0.818. The normalized spacial score (nSPS) is 26.5. The molecule has 1 N–H and O–H groups in total. The molecule has 2 saturated carbocycles. The van der Waals surface area contributed by atoms with Gasteiger partial charge in [-0.15, -0.1) is 0 Å².